The molecule has 0 atom stereocenters. The Morgan fingerprint density at radius 1 is 0.879 bits per heavy atom. The van der Waals surface area contributed by atoms with Crippen LogP contribution in [-0.2, 0) is 6.54 Å². The van der Waals surface area contributed by atoms with Crippen molar-refractivity contribution in [3.8, 4) is 0 Å². The zero-order chi connectivity index (χ0) is 22.5. The van der Waals surface area contributed by atoms with Gasteiger partial charge in [0.15, 0.2) is 0 Å². The fourth-order valence-electron chi connectivity index (χ4n) is 7.61. The van der Waals surface area contributed by atoms with E-state index in [2.05, 4.69) is 59.1 Å². The molecule has 5 fully saturated rings. The third kappa shape index (κ3) is 3.96. The predicted molar refractivity (Wildman–Crippen MR) is 134 cm³/mol. The van der Waals surface area contributed by atoms with Gasteiger partial charge in [-0.3, -0.25) is 4.90 Å². The first kappa shape index (κ1) is 21.2. The molecule has 6 nitrogen and oxygen atoms in total. The number of hydrogen-bond acceptors (Lipinski definition) is 6. The smallest absolute Gasteiger partial charge is 0.229 e. The van der Waals surface area contributed by atoms with Crippen molar-refractivity contribution in [2.45, 2.75) is 44.6 Å². The van der Waals surface area contributed by atoms with Crippen LogP contribution >= 0.6 is 0 Å². The van der Waals surface area contributed by atoms with Crippen LogP contribution in [-0.4, -0.2) is 55.1 Å². The molecule has 1 saturated heterocycles. The minimum Gasteiger partial charge on any atom is -0.383 e. The van der Waals surface area contributed by atoms with E-state index < -0.39 is 0 Å². The van der Waals surface area contributed by atoms with Gasteiger partial charge in [0.2, 0.25) is 5.95 Å². The standard InChI is InChI=1S/C27H38N6/c1-31(2)26-24(23-21-13-19-12-20(15-21)16-22(23)14-19)25(28)29-27(30-26)33-10-8-32(9-11-33)17-18-6-4-3-5-7-18/h3-7,19-23H,8-17H2,1-2H3,(H2,28,29,30). The maximum Gasteiger partial charge on any atom is 0.229 e. The van der Waals surface area contributed by atoms with E-state index in [1.807, 2.05) is 0 Å². The summed E-state index contributed by atoms with van der Waals surface area (Å²) in [6.45, 7) is 4.93. The number of aromatic nitrogens is 2. The number of hydrogen-bond donors (Lipinski definition) is 1. The van der Waals surface area contributed by atoms with Crippen LogP contribution in [0.15, 0.2) is 30.3 Å². The van der Waals surface area contributed by atoms with Crippen LogP contribution in [0.3, 0.4) is 0 Å². The maximum absolute atomic E-state index is 6.76. The first-order valence-electron chi connectivity index (χ1n) is 12.9. The van der Waals surface area contributed by atoms with Crippen molar-refractivity contribution in [3.63, 3.8) is 0 Å². The molecule has 2 heterocycles. The van der Waals surface area contributed by atoms with Gasteiger partial charge in [-0.05, 0) is 67.3 Å². The maximum atomic E-state index is 6.76. The molecule has 0 amide bonds. The van der Waals surface area contributed by atoms with Gasteiger partial charge in [-0.2, -0.15) is 9.97 Å². The Bertz CT molecular complexity index is 954. The second kappa shape index (κ2) is 8.46. The van der Waals surface area contributed by atoms with Crippen LogP contribution in [0.2, 0.25) is 0 Å². The molecule has 7 rings (SSSR count). The molecule has 5 aliphatic rings. The van der Waals surface area contributed by atoms with Gasteiger partial charge < -0.3 is 15.5 Å². The van der Waals surface area contributed by atoms with Gasteiger partial charge in [0.25, 0.3) is 0 Å². The minimum absolute atomic E-state index is 0.548. The van der Waals surface area contributed by atoms with Crippen molar-refractivity contribution >= 4 is 17.6 Å². The highest BCUT2D eigenvalue weighted by molar-refractivity contribution is 5.62. The summed E-state index contributed by atoms with van der Waals surface area (Å²) >= 11 is 0. The number of piperazine rings is 1. The third-order valence-electron chi connectivity index (χ3n) is 8.83. The fraction of sp³-hybridized carbons (Fsp3) is 0.630. The molecular formula is C27H38N6. The molecule has 0 radical (unpaired) electrons. The quantitative estimate of drug-likeness (QED) is 0.749. The summed E-state index contributed by atoms with van der Waals surface area (Å²) in [5, 5.41) is 0. The molecule has 1 aromatic heterocycles. The zero-order valence-corrected chi connectivity index (χ0v) is 20.2. The minimum atomic E-state index is 0.548. The largest absolute Gasteiger partial charge is 0.383 e. The normalized spacial score (nSPS) is 31.2. The van der Waals surface area contributed by atoms with E-state index in [0.29, 0.717) is 5.92 Å². The van der Waals surface area contributed by atoms with Gasteiger partial charge in [-0.25, -0.2) is 0 Å². The Kier molecular flexibility index (Phi) is 5.44. The Hall–Kier alpha value is -2.34. The van der Waals surface area contributed by atoms with Crippen molar-refractivity contribution in [3.05, 3.63) is 41.5 Å². The van der Waals surface area contributed by atoms with E-state index in [1.54, 1.807) is 0 Å². The summed E-state index contributed by atoms with van der Waals surface area (Å²) in [4.78, 5) is 17.1. The number of anilines is 3. The third-order valence-corrected chi connectivity index (χ3v) is 8.83. The molecule has 2 N–H and O–H groups in total. The summed E-state index contributed by atoms with van der Waals surface area (Å²) < 4.78 is 0. The molecule has 176 valence electrons. The van der Waals surface area contributed by atoms with Gasteiger partial charge in [-0.15, -0.1) is 0 Å². The summed E-state index contributed by atoms with van der Waals surface area (Å²) in [5.41, 5.74) is 9.39. The number of nitrogens with two attached hydrogens (primary N) is 1. The summed E-state index contributed by atoms with van der Waals surface area (Å²) in [7, 11) is 4.23. The highest BCUT2D eigenvalue weighted by atomic mass is 15.3. The molecule has 1 aromatic carbocycles. The average molecular weight is 447 g/mol. The van der Waals surface area contributed by atoms with E-state index >= 15 is 0 Å². The van der Waals surface area contributed by atoms with Crippen LogP contribution in [0.4, 0.5) is 17.6 Å². The first-order chi connectivity index (χ1) is 16.0. The zero-order valence-electron chi connectivity index (χ0n) is 20.2. The Labute approximate surface area is 198 Å². The van der Waals surface area contributed by atoms with Crippen LogP contribution in [0, 0.1) is 23.7 Å². The first-order valence-corrected chi connectivity index (χ1v) is 12.9. The van der Waals surface area contributed by atoms with E-state index in [0.717, 1.165) is 74.0 Å². The van der Waals surface area contributed by atoms with Crippen molar-refractivity contribution in [1.82, 2.24) is 14.9 Å². The molecular weight excluding hydrogens is 408 g/mol. The molecule has 4 saturated carbocycles. The molecule has 4 aliphatic carbocycles. The highest BCUT2D eigenvalue weighted by Gasteiger charge is 2.50. The fourth-order valence-corrected chi connectivity index (χ4v) is 7.61. The summed E-state index contributed by atoms with van der Waals surface area (Å²) in [5.74, 6) is 6.61. The van der Waals surface area contributed by atoms with Crippen molar-refractivity contribution in [2.75, 3.05) is 55.8 Å². The summed E-state index contributed by atoms with van der Waals surface area (Å²) in [6.07, 6.45) is 7.01. The molecule has 6 heteroatoms. The number of rotatable bonds is 5. The Morgan fingerprint density at radius 2 is 1.52 bits per heavy atom. The second-order valence-corrected chi connectivity index (χ2v) is 11.2. The highest BCUT2D eigenvalue weighted by Crippen LogP contribution is 2.61. The van der Waals surface area contributed by atoms with Crippen LogP contribution in [0.1, 0.15) is 49.1 Å². The molecule has 2 aromatic rings. The van der Waals surface area contributed by atoms with Crippen molar-refractivity contribution in [1.29, 1.82) is 0 Å². The lowest BCUT2D eigenvalue weighted by Crippen LogP contribution is -2.47. The summed E-state index contributed by atoms with van der Waals surface area (Å²) in [6, 6.07) is 10.7. The molecule has 33 heavy (non-hydrogen) atoms. The SMILES string of the molecule is CN(C)c1nc(N2CCN(Cc3ccccc3)CC2)nc(N)c1C1C2CC3CC(C2)CC1C3. The number of benzene rings is 1. The molecule has 1 aliphatic heterocycles. The number of nitrogens with zero attached hydrogens (tertiary/aromatic N) is 5. The van der Waals surface area contributed by atoms with Gasteiger partial charge in [-0.1, -0.05) is 30.3 Å². The van der Waals surface area contributed by atoms with Crippen molar-refractivity contribution in [2.24, 2.45) is 23.7 Å². The van der Waals surface area contributed by atoms with E-state index in [9.17, 15) is 0 Å². The molecule has 0 unspecified atom stereocenters. The lowest BCUT2D eigenvalue weighted by Gasteiger charge is -2.55. The monoisotopic (exact) mass is 446 g/mol. The van der Waals surface area contributed by atoms with Gasteiger partial charge >= 0.3 is 0 Å². The topological polar surface area (TPSA) is 61.5 Å². The lowest BCUT2D eigenvalue weighted by molar-refractivity contribution is -0.00256. The molecule has 4 bridgehead atoms. The van der Waals surface area contributed by atoms with E-state index in [1.165, 1.54) is 43.2 Å². The average Bonchev–Trinajstić information content (AvgIpc) is 2.80. The lowest BCUT2D eigenvalue weighted by atomic mass is 9.50. The second-order valence-electron chi connectivity index (χ2n) is 11.2. The van der Waals surface area contributed by atoms with Crippen LogP contribution in [0.5, 0.6) is 0 Å². The Balaban J connectivity index is 1.22. The van der Waals surface area contributed by atoms with Crippen LogP contribution < -0.4 is 15.5 Å². The van der Waals surface area contributed by atoms with Gasteiger partial charge in [0.1, 0.15) is 11.6 Å². The van der Waals surface area contributed by atoms with E-state index in [-0.39, 0.29) is 0 Å². The molecule has 0 spiro atoms. The van der Waals surface area contributed by atoms with Gasteiger partial charge in [0.05, 0.1) is 0 Å². The van der Waals surface area contributed by atoms with Crippen LogP contribution in [0.25, 0.3) is 0 Å². The Morgan fingerprint density at radius 3 is 2.12 bits per heavy atom. The van der Waals surface area contributed by atoms with Gasteiger partial charge in [0, 0.05) is 52.4 Å². The van der Waals surface area contributed by atoms with Crippen molar-refractivity contribution < 1.29 is 0 Å². The van der Waals surface area contributed by atoms with E-state index in [4.69, 9.17) is 15.7 Å². The predicted octanol–water partition coefficient (Wildman–Crippen LogP) is 3.99. The number of nitrogen functional groups attached to an aromatic ring is 1.